The Labute approximate surface area is 173 Å². The number of benzene rings is 2. The minimum atomic E-state index is 0.0262. The second-order valence-corrected chi connectivity index (χ2v) is 7.60. The Hall–Kier alpha value is -3.00. The summed E-state index contributed by atoms with van der Waals surface area (Å²) in [5.74, 6) is 1.82. The van der Waals surface area contributed by atoms with Crippen LogP contribution in [0.15, 0.2) is 52.1 Å². The first-order chi connectivity index (χ1) is 14.1. The second-order valence-electron chi connectivity index (χ2n) is 6.68. The number of thioether (sulfide) groups is 1. The maximum Gasteiger partial charge on any atom is 0.277 e. The van der Waals surface area contributed by atoms with Gasteiger partial charge in [-0.1, -0.05) is 30.0 Å². The van der Waals surface area contributed by atoms with Crippen molar-refractivity contribution in [1.82, 2.24) is 10.2 Å². The Kier molecular flexibility index (Phi) is 5.44. The molecule has 0 aliphatic carbocycles. The molecule has 1 aliphatic heterocycles. The van der Waals surface area contributed by atoms with Gasteiger partial charge in [0.2, 0.25) is 11.8 Å². The summed E-state index contributed by atoms with van der Waals surface area (Å²) >= 11 is 1.24. The number of nitrogens with zero attached hydrogens (tertiary/aromatic N) is 3. The zero-order valence-electron chi connectivity index (χ0n) is 16.4. The molecule has 8 heteroatoms. The number of methoxy groups -OCH3 is 2. The maximum atomic E-state index is 12.8. The van der Waals surface area contributed by atoms with Gasteiger partial charge in [-0.15, -0.1) is 10.2 Å². The molecule has 1 amide bonds. The predicted octanol–water partition coefficient (Wildman–Crippen LogP) is 3.82. The Bertz CT molecular complexity index is 1040. The summed E-state index contributed by atoms with van der Waals surface area (Å²) in [4.78, 5) is 14.7. The quantitative estimate of drug-likeness (QED) is 0.571. The average Bonchev–Trinajstić information content (AvgIpc) is 3.35. The van der Waals surface area contributed by atoms with Crippen molar-refractivity contribution in [3.63, 3.8) is 0 Å². The van der Waals surface area contributed by atoms with Gasteiger partial charge in [-0.05, 0) is 43.2 Å². The summed E-state index contributed by atoms with van der Waals surface area (Å²) in [6.07, 6.45) is 0.872. The molecule has 7 nitrogen and oxygen atoms in total. The highest BCUT2D eigenvalue weighted by Crippen LogP contribution is 2.34. The van der Waals surface area contributed by atoms with Crippen LogP contribution < -0.4 is 14.4 Å². The highest BCUT2D eigenvalue weighted by molar-refractivity contribution is 7.99. The minimum Gasteiger partial charge on any atom is -0.493 e. The van der Waals surface area contributed by atoms with Crippen LogP contribution in [-0.4, -0.2) is 42.1 Å². The average molecular weight is 411 g/mol. The monoisotopic (exact) mass is 411 g/mol. The summed E-state index contributed by atoms with van der Waals surface area (Å²) in [6, 6.07) is 13.5. The van der Waals surface area contributed by atoms with Gasteiger partial charge in [0, 0.05) is 17.3 Å². The normalized spacial score (nSPS) is 15.3. The molecule has 0 fully saturated rings. The minimum absolute atomic E-state index is 0.0262. The number of ether oxygens (including phenoxy) is 2. The molecule has 1 aromatic heterocycles. The number of fused-ring (bicyclic) bond motifs is 1. The number of rotatable bonds is 6. The molecular weight excluding hydrogens is 390 g/mol. The number of carbonyl (C=O) groups excluding carboxylic acids is 1. The first-order valence-electron chi connectivity index (χ1n) is 9.19. The molecule has 1 unspecified atom stereocenters. The van der Waals surface area contributed by atoms with Gasteiger partial charge in [-0.3, -0.25) is 4.79 Å². The summed E-state index contributed by atoms with van der Waals surface area (Å²) in [5, 5.41) is 8.49. The summed E-state index contributed by atoms with van der Waals surface area (Å²) in [7, 11) is 3.15. The Morgan fingerprint density at radius 1 is 1.17 bits per heavy atom. The third kappa shape index (κ3) is 3.80. The largest absolute Gasteiger partial charge is 0.493 e. The van der Waals surface area contributed by atoms with E-state index in [2.05, 4.69) is 23.2 Å². The van der Waals surface area contributed by atoms with Crippen LogP contribution in [0.3, 0.4) is 0 Å². The highest BCUT2D eigenvalue weighted by Gasteiger charge is 2.30. The zero-order chi connectivity index (χ0) is 20.4. The van der Waals surface area contributed by atoms with E-state index in [-0.39, 0.29) is 17.7 Å². The third-order valence-corrected chi connectivity index (χ3v) is 5.64. The standard InChI is InChI=1S/C21H21N3O4S/c1-13-10-14-6-4-5-7-16(14)24(13)19(25)12-29-21-23-22-20(28-21)15-8-9-17(26-2)18(11-15)27-3/h4-9,11,13H,10,12H2,1-3H3. The van der Waals surface area contributed by atoms with Crippen LogP contribution in [-0.2, 0) is 11.2 Å². The van der Waals surface area contributed by atoms with Crippen molar-refractivity contribution in [3.05, 3.63) is 48.0 Å². The number of aromatic nitrogens is 2. The zero-order valence-corrected chi connectivity index (χ0v) is 17.2. The summed E-state index contributed by atoms with van der Waals surface area (Å²) in [6.45, 7) is 2.06. The lowest BCUT2D eigenvalue weighted by molar-refractivity contribution is -0.116. The van der Waals surface area contributed by atoms with Crippen molar-refractivity contribution in [2.45, 2.75) is 24.6 Å². The summed E-state index contributed by atoms with van der Waals surface area (Å²) < 4.78 is 16.3. The van der Waals surface area contributed by atoms with Crippen molar-refractivity contribution in [3.8, 4) is 23.0 Å². The molecule has 1 atom stereocenters. The smallest absolute Gasteiger partial charge is 0.277 e. The maximum absolute atomic E-state index is 12.8. The van der Waals surface area contributed by atoms with E-state index in [1.165, 1.54) is 17.3 Å². The van der Waals surface area contributed by atoms with Gasteiger partial charge < -0.3 is 18.8 Å². The molecule has 3 aromatic rings. The molecule has 0 spiro atoms. The van der Waals surface area contributed by atoms with Crippen LogP contribution in [0, 0.1) is 0 Å². The van der Waals surface area contributed by atoms with Crippen molar-refractivity contribution in [1.29, 1.82) is 0 Å². The number of hydrogen-bond donors (Lipinski definition) is 0. The Morgan fingerprint density at radius 3 is 2.76 bits per heavy atom. The van der Waals surface area contributed by atoms with Crippen molar-refractivity contribution >= 4 is 23.4 Å². The van der Waals surface area contributed by atoms with Gasteiger partial charge in [0.05, 0.1) is 20.0 Å². The number of hydrogen-bond acceptors (Lipinski definition) is 7. The van der Waals surface area contributed by atoms with Gasteiger partial charge in [-0.2, -0.15) is 0 Å². The fourth-order valence-corrected chi connectivity index (χ4v) is 4.12. The topological polar surface area (TPSA) is 77.7 Å². The van der Waals surface area contributed by atoms with Crippen LogP contribution in [0.5, 0.6) is 11.5 Å². The second kappa shape index (κ2) is 8.16. The lowest BCUT2D eigenvalue weighted by Crippen LogP contribution is -2.36. The Balaban J connectivity index is 1.44. The molecule has 0 N–H and O–H groups in total. The lowest BCUT2D eigenvalue weighted by atomic mass is 10.1. The van der Waals surface area contributed by atoms with Crippen LogP contribution in [0.1, 0.15) is 12.5 Å². The van der Waals surface area contributed by atoms with E-state index in [1.54, 1.807) is 26.4 Å². The fourth-order valence-electron chi connectivity index (χ4n) is 3.49. The van der Waals surface area contributed by atoms with Gasteiger partial charge >= 0.3 is 0 Å². The van der Waals surface area contributed by atoms with E-state index in [4.69, 9.17) is 13.9 Å². The van der Waals surface area contributed by atoms with E-state index < -0.39 is 0 Å². The first kappa shape index (κ1) is 19.3. The molecule has 150 valence electrons. The number of anilines is 1. The van der Waals surface area contributed by atoms with E-state index in [1.807, 2.05) is 29.2 Å². The van der Waals surface area contributed by atoms with E-state index >= 15 is 0 Å². The van der Waals surface area contributed by atoms with Crippen LogP contribution in [0.4, 0.5) is 5.69 Å². The molecule has 0 radical (unpaired) electrons. The van der Waals surface area contributed by atoms with E-state index in [0.29, 0.717) is 22.6 Å². The predicted molar refractivity (Wildman–Crippen MR) is 111 cm³/mol. The van der Waals surface area contributed by atoms with Crippen LogP contribution >= 0.6 is 11.8 Å². The molecule has 1 aliphatic rings. The molecule has 2 heterocycles. The number of para-hydroxylation sites is 1. The molecule has 2 aromatic carbocycles. The molecule has 0 bridgehead atoms. The van der Waals surface area contributed by atoms with Gasteiger partial charge in [0.25, 0.3) is 5.22 Å². The SMILES string of the molecule is COc1ccc(-c2nnc(SCC(=O)N3c4ccccc4CC3C)o2)cc1OC. The highest BCUT2D eigenvalue weighted by atomic mass is 32.2. The van der Waals surface area contributed by atoms with Gasteiger partial charge in [0.15, 0.2) is 11.5 Å². The van der Waals surface area contributed by atoms with Crippen molar-refractivity contribution in [2.24, 2.45) is 0 Å². The van der Waals surface area contributed by atoms with Crippen LogP contribution in [0.2, 0.25) is 0 Å². The Morgan fingerprint density at radius 2 is 1.97 bits per heavy atom. The molecule has 29 heavy (non-hydrogen) atoms. The molecule has 0 saturated carbocycles. The van der Waals surface area contributed by atoms with Crippen molar-refractivity contribution in [2.75, 3.05) is 24.9 Å². The third-order valence-electron chi connectivity index (χ3n) is 4.83. The first-order valence-corrected chi connectivity index (χ1v) is 10.2. The van der Waals surface area contributed by atoms with Crippen molar-refractivity contribution < 1.29 is 18.7 Å². The van der Waals surface area contributed by atoms with Gasteiger partial charge in [0.1, 0.15) is 0 Å². The lowest BCUT2D eigenvalue weighted by Gasteiger charge is -2.22. The number of amides is 1. The molecule has 4 rings (SSSR count). The summed E-state index contributed by atoms with van der Waals surface area (Å²) in [5.41, 5.74) is 2.91. The van der Waals surface area contributed by atoms with Gasteiger partial charge in [-0.25, -0.2) is 0 Å². The number of carbonyl (C=O) groups is 1. The fraction of sp³-hybridized carbons (Fsp3) is 0.286. The van der Waals surface area contributed by atoms with E-state index in [9.17, 15) is 4.79 Å². The van der Waals surface area contributed by atoms with Crippen LogP contribution in [0.25, 0.3) is 11.5 Å². The van der Waals surface area contributed by atoms with E-state index in [0.717, 1.165) is 17.7 Å². The molecular formula is C21H21N3O4S. The molecule has 0 saturated heterocycles.